The molecule has 8 heteroatoms. The van der Waals surface area contributed by atoms with Crippen molar-refractivity contribution in [2.45, 2.75) is 129 Å². The van der Waals surface area contributed by atoms with Crippen LogP contribution in [0.5, 0.6) is 0 Å². The maximum absolute atomic E-state index is 13.1. The van der Waals surface area contributed by atoms with E-state index >= 15 is 0 Å². The second kappa shape index (κ2) is 14.3. The summed E-state index contributed by atoms with van der Waals surface area (Å²) >= 11 is 0. The summed E-state index contributed by atoms with van der Waals surface area (Å²) in [5, 5.41) is 8.44. The molecule has 2 rings (SSSR count). The number of nitrogens with one attached hydrogen (secondary N) is 3. The fraction of sp³-hybridized carbons (Fsp3) is 0.846. The quantitative estimate of drug-likeness (QED) is 0.365. The Morgan fingerprint density at radius 2 is 1.65 bits per heavy atom. The SMILES string of the molecule is CCCCC[C@@H]1CC(=O)N[C@@H](CC2CCCCC2)C(=O)N[C@@H](C)C(=O)N[C@H]([C@@H](C)CC)C(=O)O1. The minimum Gasteiger partial charge on any atom is -0.460 e. The lowest BCUT2D eigenvalue weighted by Gasteiger charge is -2.27. The molecule has 5 atom stereocenters. The molecule has 2 fully saturated rings. The first-order chi connectivity index (χ1) is 16.2. The summed E-state index contributed by atoms with van der Waals surface area (Å²) in [6.45, 7) is 7.51. The molecule has 3 amide bonds. The smallest absolute Gasteiger partial charge is 0.329 e. The van der Waals surface area contributed by atoms with Gasteiger partial charge in [-0.15, -0.1) is 0 Å². The summed E-state index contributed by atoms with van der Waals surface area (Å²) < 4.78 is 5.79. The van der Waals surface area contributed by atoms with Crippen molar-refractivity contribution in [2.24, 2.45) is 11.8 Å². The average Bonchev–Trinajstić information content (AvgIpc) is 2.81. The lowest BCUT2D eigenvalue weighted by atomic mass is 9.84. The number of unbranched alkanes of at least 4 members (excludes halogenated alkanes) is 2. The highest BCUT2D eigenvalue weighted by Gasteiger charge is 2.34. The second-order valence-corrected chi connectivity index (χ2v) is 10.2. The molecule has 3 N–H and O–H groups in total. The zero-order chi connectivity index (χ0) is 25.1. The van der Waals surface area contributed by atoms with Gasteiger partial charge in [0.05, 0.1) is 6.42 Å². The molecule has 0 radical (unpaired) electrons. The Bertz CT molecular complexity index is 692. The molecular weight excluding hydrogens is 434 g/mol. The van der Waals surface area contributed by atoms with Crippen molar-refractivity contribution < 1.29 is 23.9 Å². The van der Waals surface area contributed by atoms with E-state index in [4.69, 9.17) is 4.74 Å². The number of carbonyl (C=O) groups excluding carboxylic acids is 4. The molecule has 0 aromatic carbocycles. The van der Waals surface area contributed by atoms with E-state index in [2.05, 4.69) is 22.9 Å². The van der Waals surface area contributed by atoms with Crippen molar-refractivity contribution >= 4 is 23.7 Å². The fourth-order valence-electron chi connectivity index (χ4n) is 4.84. The fourth-order valence-corrected chi connectivity index (χ4v) is 4.84. The number of hydrogen-bond donors (Lipinski definition) is 3. The number of rotatable bonds is 8. The largest absolute Gasteiger partial charge is 0.460 e. The second-order valence-electron chi connectivity index (χ2n) is 10.2. The van der Waals surface area contributed by atoms with Crippen molar-refractivity contribution in [3.63, 3.8) is 0 Å². The van der Waals surface area contributed by atoms with Crippen LogP contribution < -0.4 is 16.0 Å². The predicted molar refractivity (Wildman–Crippen MR) is 131 cm³/mol. The third-order valence-corrected chi connectivity index (χ3v) is 7.29. The van der Waals surface area contributed by atoms with Crippen LogP contribution in [-0.2, 0) is 23.9 Å². The Morgan fingerprint density at radius 3 is 2.29 bits per heavy atom. The Balaban J connectivity index is 2.26. The van der Waals surface area contributed by atoms with E-state index in [1.165, 1.54) is 6.42 Å². The standard InChI is InChI=1S/C26H45N3O5/c1-5-7-9-14-20-16-22(30)28-21(15-19-12-10-8-11-13-19)25(32)27-18(4)24(31)29-23(17(3)6-2)26(33)34-20/h17-21,23H,5-16H2,1-4H3,(H,27,32)(H,28,30)(H,29,31)/t17-,18-,20+,21-,23+/m0/s1. The molecule has 2 aliphatic rings. The molecule has 34 heavy (non-hydrogen) atoms. The topological polar surface area (TPSA) is 114 Å². The normalized spacial score (nSPS) is 28.9. The van der Waals surface area contributed by atoms with E-state index in [-0.39, 0.29) is 24.2 Å². The summed E-state index contributed by atoms with van der Waals surface area (Å²) in [4.78, 5) is 52.0. The summed E-state index contributed by atoms with van der Waals surface area (Å²) in [6, 6.07) is -2.37. The van der Waals surface area contributed by atoms with Gasteiger partial charge in [-0.05, 0) is 38.0 Å². The summed E-state index contributed by atoms with van der Waals surface area (Å²) in [6.07, 6.45) is 9.63. The van der Waals surface area contributed by atoms with E-state index in [1.54, 1.807) is 6.92 Å². The van der Waals surface area contributed by atoms with Crippen molar-refractivity contribution in [2.75, 3.05) is 0 Å². The molecule has 194 valence electrons. The summed E-state index contributed by atoms with van der Waals surface area (Å²) in [5.74, 6) is -1.37. The molecule has 1 aliphatic carbocycles. The minimum absolute atomic E-state index is 0.0145. The van der Waals surface area contributed by atoms with Crippen LogP contribution in [0.2, 0.25) is 0 Å². The van der Waals surface area contributed by atoms with Gasteiger partial charge in [0.1, 0.15) is 24.2 Å². The Morgan fingerprint density at radius 1 is 0.941 bits per heavy atom. The highest BCUT2D eigenvalue weighted by atomic mass is 16.5. The zero-order valence-electron chi connectivity index (χ0n) is 21.5. The minimum atomic E-state index is -0.835. The van der Waals surface area contributed by atoms with Crippen LogP contribution >= 0.6 is 0 Å². The van der Waals surface area contributed by atoms with Gasteiger partial charge in [0.15, 0.2) is 0 Å². The van der Waals surface area contributed by atoms with E-state index < -0.39 is 36.1 Å². The van der Waals surface area contributed by atoms with Crippen LogP contribution in [0, 0.1) is 11.8 Å². The lowest BCUT2D eigenvalue weighted by molar-refractivity contribution is -0.156. The van der Waals surface area contributed by atoms with Gasteiger partial charge >= 0.3 is 5.97 Å². The number of carbonyl (C=O) groups is 4. The third kappa shape index (κ3) is 8.91. The molecule has 1 saturated carbocycles. The van der Waals surface area contributed by atoms with Crippen LogP contribution in [0.1, 0.15) is 105 Å². The Hall–Kier alpha value is -2.12. The summed E-state index contributed by atoms with van der Waals surface area (Å²) in [5.41, 5.74) is 0. The van der Waals surface area contributed by atoms with Gasteiger partial charge in [0.2, 0.25) is 17.7 Å². The van der Waals surface area contributed by atoms with E-state index in [1.807, 2.05) is 13.8 Å². The molecule has 0 spiro atoms. The van der Waals surface area contributed by atoms with Gasteiger partial charge < -0.3 is 20.7 Å². The predicted octanol–water partition coefficient (Wildman–Crippen LogP) is 3.37. The Labute approximate surface area is 204 Å². The highest BCUT2D eigenvalue weighted by Crippen LogP contribution is 2.27. The van der Waals surface area contributed by atoms with Crippen LogP contribution in [0.3, 0.4) is 0 Å². The first-order valence-corrected chi connectivity index (χ1v) is 13.4. The number of esters is 1. The van der Waals surface area contributed by atoms with Gasteiger partial charge in [0, 0.05) is 0 Å². The van der Waals surface area contributed by atoms with Gasteiger partial charge in [-0.25, -0.2) is 4.79 Å². The van der Waals surface area contributed by atoms with E-state index in [9.17, 15) is 19.2 Å². The Kier molecular flexibility index (Phi) is 11.8. The van der Waals surface area contributed by atoms with E-state index in [0.717, 1.165) is 44.9 Å². The van der Waals surface area contributed by atoms with Crippen LogP contribution in [0.4, 0.5) is 0 Å². The molecule has 1 aliphatic heterocycles. The zero-order valence-corrected chi connectivity index (χ0v) is 21.5. The van der Waals surface area contributed by atoms with Crippen molar-refractivity contribution in [3.05, 3.63) is 0 Å². The maximum Gasteiger partial charge on any atom is 0.329 e. The van der Waals surface area contributed by atoms with Crippen LogP contribution in [0.25, 0.3) is 0 Å². The monoisotopic (exact) mass is 479 g/mol. The molecule has 0 unspecified atom stereocenters. The molecule has 1 heterocycles. The molecular formula is C26H45N3O5. The van der Waals surface area contributed by atoms with Gasteiger partial charge in [-0.3, -0.25) is 14.4 Å². The molecule has 0 aromatic rings. The molecule has 0 bridgehead atoms. The van der Waals surface area contributed by atoms with Crippen molar-refractivity contribution in [1.29, 1.82) is 0 Å². The van der Waals surface area contributed by atoms with Gasteiger partial charge in [0.25, 0.3) is 0 Å². The lowest BCUT2D eigenvalue weighted by Crippen LogP contribution is -2.55. The van der Waals surface area contributed by atoms with Crippen molar-refractivity contribution in [1.82, 2.24) is 16.0 Å². The first-order valence-electron chi connectivity index (χ1n) is 13.4. The number of ether oxygens (including phenoxy) is 1. The van der Waals surface area contributed by atoms with E-state index in [0.29, 0.717) is 25.2 Å². The average molecular weight is 480 g/mol. The van der Waals surface area contributed by atoms with Crippen LogP contribution in [-0.4, -0.2) is 47.9 Å². The third-order valence-electron chi connectivity index (χ3n) is 7.29. The van der Waals surface area contributed by atoms with Gasteiger partial charge in [-0.2, -0.15) is 0 Å². The molecule has 8 nitrogen and oxygen atoms in total. The number of hydrogen-bond acceptors (Lipinski definition) is 5. The molecule has 0 aromatic heterocycles. The molecule has 1 saturated heterocycles. The summed E-state index contributed by atoms with van der Waals surface area (Å²) in [7, 11) is 0. The highest BCUT2D eigenvalue weighted by molar-refractivity contribution is 5.93. The van der Waals surface area contributed by atoms with Crippen LogP contribution in [0.15, 0.2) is 0 Å². The van der Waals surface area contributed by atoms with Gasteiger partial charge in [-0.1, -0.05) is 72.1 Å². The first kappa shape index (κ1) is 28.1. The number of amides is 3. The number of cyclic esters (lactones) is 1. The maximum atomic E-state index is 13.1. The van der Waals surface area contributed by atoms with Crippen molar-refractivity contribution in [3.8, 4) is 0 Å².